The van der Waals surface area contributed by atoms with Gasteiger partial charge in [-0.1, -0.05) is 0 Å². The van der Waals surface area contributed by atoms with Crippen LogP contribution in [0.5, 0.6) is 0 Å². The predicted octanol–water partition coefficient (Wildman–Crippen LogP) is -1.63. The highest BCUT2D eigenvalue weighted by Crippen LogP contribution is 2.19. The van der Waals surface area contributed by atoms with Gasteiger partial charge in [-0.25, -0.2) is 12.8 Å². The summed E-state index contributed by atoms with van der Waals surface area (Å²) in [6, 6.07) is 2.62. The molecule has 0 unspecified atom stereocenters. The lowest BCUT2D eigenvalue weighted by Gasteiger charge is -2.19. The molecule has 0 saturated carbocycles. The van der Waals surface area contributed by atoms with Crippen molar-refractivity contribution in [3.05, 3.63) is 24.0 Å². The Morgan fingerprint density at radius 3 is 2.00 bits per heavy atom. The van der Waals surface area contributed by atoms with Gasteiger partial charge in [0.2, 0.25) is 21.8 Å². The van der Waals surface area contributed by atoms with Crippen molar-refractivity contribution < 1.29 is 22.4 Å². The van der Waals surface area contributed by atoms with Crippen LogP contribution in [0.2, 0.25) is 0 Å². The Kier molecular flexibility index (Phi) is 4.63. The molecule has 0 heterocycles. The van der Waals surface area contributed by atoms with Crippen molar-refractivity contribution in [2.75, 3.05) is 18.8 Å². The molecule has 1 rings (SSSR count). The van der Waals surface area contributed by atoms with E-state index in [0.717, 1.165) is 12.1 Å². The number of carbonyl (C=O) groups is 2. The number of hydrogen-bond acceptors (Lipinski definition) is 5. The van der Waals surface area contributed by atoms with E-state index in [2.05, 4.69) is 0 Å². The summed E-state index contributed by atoms with van der Waals surface area (Å²) in [6.45, 7) is -1.52. The Balaban J connectivity index is 3.27. The van der Waals surface area contributed by atoms with Crippen LogP contribution in [-0.2, 0) is 19.6 Å². The van der Waals surface area contributed by atoms with Crippen molar-refractivity contribution in [2.45, 2.75) is 4.90 Å². The minimum atomic E-state index is -4.32. The number of nitrogen functional groups attached to an aromatic ring is 1. The smallest absolute Gasteiger partial charge is 0.244 e. The van der Waals surface area contributed by atoms with Gasteiger partial charge in [0.05, 0.1) is 18.0 Å². The van der Waals surface area contributed by atoms with E-state index in [9.17, 15) is 22.4 Å². The number of hydrogen-bond donors (Lipinski definition) is 3. The molecule has 0 aromatic heterocycles. The van der Waals surface area contributed by atoms with Gasteiger partial charge in [-0.3, -0.25) is 9.59 Å². The summed E-state index contributed by atoms with van der Waals surface area (Å²) in [6.07, 6.45) is 0. The molecule has 1 aromatic rings. The molecule has 0 spiro atoms. The fourth-order valence-corrected chi connectivity index (χ4v) is 2.89. The maximum Gasteiger partial charge on any atom is 0.244 e. The van der Waals surface area contributed by atoms with Gasteiger partial charge in [0, 0.05) is 5.69 Å². The average molecular weight is 304 g/mol. The van der Waals surface area contributed by atoms with Crippen LogP contribution in [0.3, 0.4) is 0 Å². The van der Waals surface area contributed by atoms with Gasteiger partial charge >= 0.3 is 0 Å². The van der Waals surface area contributed by atoms with Crippen molar-refractivity contribution in [1.82, 2.24) is 4.31 Å². The third-order valence-electron chi connectivity index (χ3n) is 2.20. The van der Waals surface area contributed by atoms with Crippen molar-refractivity contribution in [3.8, 4) is 0 Å². The maximum atomic E-state index is 13.2. The first-order valence-corrected chi connectivity index (χ1v) is 6.69. The van der Waals surface area contributed by atoms with Gasteiger partial charge in [0.1, 0.15) is 5.82 Å². The molecule has 0 aliphatic carbocycles. The number of sulfonamides is 1. The average Bonchev–Trinajstić information content (AvgIpc) is 2.25. The molecule has 1 aromatic carbocycles. The summed E-state index contributed by atoms with van der Waals surface area (Å²) in [4.78, 5) is 21.2. The summed E-state index contributed by atoms with van der Waals surface area (Å²) in [5.41, 5.74) is 15.0. The van der Waals surface area contributed by atoms with Crippen LogP contribution in [-0.4, -0.2) is 37.6 Å². The maximum absolute atomic E-state index is 13.2. The molecule has 0 aliphatic heterocycles. The van der Waals surface area contributed by atoms with E-state index < -0.39 is 45.6 Å². The van der Waals surface area contributed by atoms with E-state index in [1.807, 2.05) is 0 Å². The van der Waals surface area contributed by atoms with E-state index >= 15 is 0 Å². The molecule has 8 nitrogen and oxygen atoms in total. The van der Waals surface area contributed by atoms with Crippen LogP contribution in [0, 0.1) is 5.82 Å². The second-order valence-corrected chi connectivity index (χ2v) is 5.86. The third kappa shape index (κ3) is 3.90. The molecular weight excluding hydrogens is 291 g/mol. The molecular formula is C10H13FN4O4S. The molecule has 110 valence electrons. The lowest BCUT2D eigenvalue weighted by atomic mass is 10.3. The van der Waals surface area contributed by atoms with Gasteiger partial charge in [0.15, 0.2) is 0 Å². The number of halogens is 1. The molecule has 10 heteroatoms. The predicted molar refractivity (Wildman–Crippen MR) is 68.0 cm³/mol. The standard InChI is InChI=1S/C10H13FN4O4S/c11-6-1-7(12)3-8(2-6)20(18,19)15(4-9(13)16)5-10(14)17/h1-3H,4-5,12H2,(H2,13,16)(H2,14,17). The van der Waals surface area contributed by atoms with Crippen LogP contribution in [0.15, 0.2) is 23.1 Å². The molecule has 6 N–H and O–H groups in total. The van der Waals surface area contributed by atoms with E-state index in [4.69, 9.17) is 17.2 Å². The van der Waals surface area contributed by atoms with Gasteiger partial charge in [0.25, 0.3) is 0 Å². The first kappa shape index (κ1) is 15.9. The number of nitrogens with two attached hydrogens (primary N) is 3. The van der Waals surface area contributed by atoms with E-state index in [-0.39, 0.29) is 5.69 Å². The second-order valence-electron chi connectivity index (χ2n) is 3.93. The zero-order valence-corrected chi connectivity index (χ0v) is 11.1. The summed E-state index contributed by atoms with van der Waals surface area (Å²) >= 11 is 0. The number of amides is 2. The number of nitrogens with zero attached hydrogens (tertiary/aromatic N) is 1. The van der Waals surface area contributed by atoms with Crippen molar-refractivity contribution >= 4 is 27.5 Å². The number of anilines is 1. The van der Waals surface area contributed by atoms with Crippen LogP contribution in [0.25, 0.3) is 0 Å². The summed E-state index contributed by atoms with van der Waals surface area (Å²) in [5, 5.41) is 0. The molecule has 2 amide bonds. The molecule has 0 radical (unpaired) electrons. The lowest BCUT2D eigenvalue weighted by Crippen LogP contribution is -2.43. The Bertz CT molecular complexity index is 610. The Morgan fingerprint density at radius 2 is 1.60 bits per heavy atom. The normalized spacial score (nSPS) is 11.5. The van der Waals surface area contributed by atoms with Gasteiger partial charge in [-0.05, 0) is 18.2 Å². The van der Waals surface area contributed by atoms with Crippen LogP contribution < -0.4 is 17.2 Å². The highest BCUT2D eigenvalue weighted by atomic mass is 32.2. The summed E-state index contributed by atoms with van der Waals surface area (Å²) in [5.74, 6) is -2.85. The van der Waals surface area contributed by atoms with E-state index in [1.165, 1.54) is 0 Å². The van der Waals surface area contributed by atoms with Crippen LogP contribution >= 0.6 is 0 Å². The Hall–Kier alpha value is -2.20. The summed E-state index contributed by atoms with van der Waals surface area (Å²) < 4.78 is 38.0. The number of benzene rings is 1. The molecule has 0 fully saturated rings. The largest absolute Gasteiger partial charge is 0.399 e. The fourth-order valence-electron chi connectivity index (χ4n) is 1.46. The molecule has 0 saturated heterocycles. The zero-order chi connectivity index (χ0) is 15.5. The quantitative estimate of drug-likeness (QED) is 0.539. The fraction of sp³-hybridized carbons (Fsp3) is 0.200. The highest BCUT2D eigenvalue weighted by molar-refractivity contribution is 7.89. The molecule has 0 bridgehead atoms. The van der Waals surface area contributed by atoms with Crippen molar-refractivity contribution in [3.63, 3.8) is 0 Å². The highest BCUT2D eigenvalue weighted by Gasteiger charge is 2.28. The van der Waals surface area contributed by atoms with Crippen LogP contribution in [0.1, 0.15) is 0 Å². The molecule has 20 heavy (non-hydrogen) atoms. The second kappa shape index (κ2) is 5.84. The lowest BCUT2D eigenvalue weighted by molar-refractivity contribution is -0.120. The first-order valence-electron chi connectivity index (χ1n) is 5.25. The van der Waals surface area contributed by atoms with E-state index in [1.54, 1.807) is 0 Å². The SMILES string of the molecule is NC(=O)CN(CC(N)=O)S(=O)(=O)c1cc(N)cc(F)c1. The Labute approximate surface area is 114 Å². The molecule has 0 atom stereocenters. The van der Waals surface area contributed by atoms with Gasteiger partial charge < -0.3 is 17.2 Å². The van der Waals surface area contributed by atoms with Gasteiger partial charge in [-0.2, -0.15) is 4.31 Å². The number of carbonyl (C=O) groups excluding carboxylic acids is 2. The van der Waals surface area contributed by atoms with Crippen LogP contribution in [0.4, 0.5) is 10.1 Å². The molecule has 0 aliphatic rings. The van der Waals surface area contributed by atoms with E-state index in [0.29, 0.717) is 10.4 Å². The van der Waals surface area contributed by atoms with Crippen molar-refractivity contribution in [2.24, 2.45) is 11.5 Å². The Morgan fingerprint density at radius 1 is 1.10 bits per heavy atom. The summed E-state index contributed by atoms with van der Waals surface area (Å²) in [7, 11) is -4.32. The first-order chi connectivity index (χ1) is 9.12. The minimum absolute atomic E-state index is 0.123. The zero-order valence-electron chi connectivity index (χ0n) is 10.2. The van der Waals surface area contributed by atoms with Gasteiger partial charge in [-0.15, -0.1) is 0 Å². The number of rotatable bonds is 6. The van der Waals surface area contributed by atoms with Crippen molar-refractivity contribution in [1.29, 1.82) is 0 Å². The number of primary amides is 2. The topological polar surface area (TPSA) is 150 Å². The monoisotopic (exact) mass is 304 g/mol. The minimum Gasteiger partial charge on any atom is -0.399 e. The third-order valence-corrected chi connectivity index (χ3v) is 3.97.